The molecule has 0 saturated carbocycles. The Balaban J connectivity index is 0.000000502. The van der Waals surface area contributed by atoms with Crippen LogP contribution in [0, 0.1) is 0 Å². The van der Waals surface area contributed by atoms with E-state index in [0.717, 1.165) is 48.7 Å². The second-order valence-corrected chi connectivity index (χ2v) is 10.8. The maximum absolute atomic E-state index is 11.9. The summed E-state index contributed by atoms with van der Waals surface area (Å²) in [6.07, 6.45) is 5.11. The Kier molecular flexibility index (Phi) is 18.9. The van der Waals surface area contributed by atoms with E-state index in [4.69, 9.17) is 9.47 Å². The predicted octanol–water partition coefficient (Wildman–Crippen LogP) is 7.61. The van der Waals surface area contributed by atoms with Crippen molar-refractivity contribution in [2.75, 3.05) is 26.4 Å². The average Bonchev–Trinajstić information content (AvgIpc) is 3.58. The van der Waals surface area contributed by atoms with Crippen molar-refractivity contribution < 1.29 is 39.2 Å². The fraction of sp³-hybridized carbons (Fsp3) is 0.625. The smallest absolute Gasteiger partial charge is 0.872 e. The molecule has 0 spiro atoms. The van der Waals surface area contributed by atoms with E-state index >= 15 is 0 Å². The van der Waals surface area contributed by atoms with Gasteiger partial charge in [-0.25, -0.2) is 0 Å². The first-order valence-electron chi connectivity index (χ1n) is 13.8. The second kappa shape index (κ2) is 19.6. The van der Waals surface area contributed by atoms with Gasteiger partial charge in [-0.3, -0.25) is 0 Å². The standard InChI is InChI=1S/2C12H18O.2C4H8O.Zn/c2*1-8(2)10-6-5-7-11(9(3)4)12(10)13;2*1-2-4-5-3-1;/h2*5-9,13H,1-4H3;2*1-4H2;/q;;;;+2/p-2. The molecule has 204 valence electrons. The molecule has 0 bridgehead atoms. The zero-order chi connectivity index (χ0) is 27.1. The van der Waals surface area contributed by atoms with Crippen molar-refractivity contribution in [2.45, 2.75) is 105 Å². The van der Waals surface area contributed by atoms with E-state index in [2.05, 4.69) is 55.4 Å². The topological polar surface area (TPSA) is 64.6 Å². The first-order chi connectivity index (χ1) is 17.1. The third-order valence-electron chi connectivity index (χ3n) is 6.29. The quantitative estimate of drug-likeness (QED) is 0.359. The predicted molar refractivity (Wildman–Crippen MR) is 148 cm³/mol. The van der Waals surface area contributed by atoms with E-state index in [1.165, 1.54) is 25.7 Å². The summed E-state index contributed by atoms with van der Waals surface area (Å²) in [5.74, 6) is 1.76. The number of para-hydroxylation sites is 2. The van der Waals surface area contributed by atoms with Crippen LogP contribution < -0.4 is 10.2 Å². The van der Waals surface area contributed by atoms with Crippen molar-refractivity contribution in [3.8, 4) is 11.5 Å². The van der Waals surface area contributed by atoms with E-state index in [1.807, 2.05) is 36.4 Å². The van der Waals surface area contributed by atoms with Gasteiger partial charge in [0.25, 0.3) is 0 Å². The van der Waals surface area contributed by atoms with Crippen LogP contribution in [0.25, 0.3) is 0 Å². The fourth-order valence-corrected chi connectivity index (χ4v) is 3.99. The normalized spacial score (nSPS) is 14.4. The van der Waals surface area contributed by atoms with Gasteiger partial charge >= 0.3 is 19.5 Å². The number of hydrogen-bond acceptors (Lipinski definition) is 4. The molecule has 0 aromatic heterocycles. The molecule has 0 aliphatic carbocycles. The Morgan fingerprint density at radius 2 is 0.703 bits per heavy atom. The molecule has 2 aromatic carbocycles. The number of ether oxygens (including phenoxy) is 2. The van der Waals surface area contributed by atoms with Gasteiger partial charge in [0.1, 0.15) is 0 Å². The first-order valence-corrected chi connectivity index (χ1v) is 13.8. The minimum absolute atomic E-state index is 0. The number of rotatable bonds is 4. The van der Waals surface area contributed by atoms with Gasteiger partial charge in [-0.05, 0) is 49.4 Å². The van der Waals surface area contributed by atoms with Crippen LogP contribution in [-0.4, -0.2) is 26.4 Å². The minimum atomic E-state index is 0. The fourth-order valence-electron chi connectivity index (χ4n) is 3.99. The molecule has 0 atom stereocenters. The summed E-state index contributed by atoms with van der Waals surface area (Å²) in [4.78, 5) is 0. The van der Waals surface area contributed by atoms with Gasteiger partial charge in [0.15, 0.2) is 0 Å². The second-order valence-electron chi connectivity index (χ2n) is 10.8. The Labute approximate surface area is 239 Å². The van der Waals surface area contributed by atoms with Crippen LogP contribution in [0.5, 0.6) is 11.5 Å². The molecule has 2 saturated heterocycles. The third kappa shape index (κ3) is 13.3. The minimum Gasteiger partial charge on any atom is -0.872 e. The van der Waals surface area contributed by atoms with Gasteiger partial charge in [-0.2, -0.15) is 0 Å². The van der Waals surface area contributed by atoms with Crippen molar-refractivity contribution in [2.24, 2.45) is 0 Å². The van der Waals surface area contributed by atoms with Gasteiger partial charge in [0, 0.05) is 26.4 Å². The van der Waals surface area contributed by atoms with Crippen LogP contribution in [0.2, 0.25) is 0 Å². The summed E-state index contributed by atoms with van der Waals surface area (Å²) in [7, 11) is 0. The molecule has 4 rings (SSSR count). The van der Waals surface area contributed by atoms with Crippen LogP contribution in [-0.2, 0) is 29.0 Å². The number of hydrogen-bond donors (Lipinski definition) is 0. The summed E-state index contributed by atoms with van der Waals surface area (Å²) >= 11 is 0. The van der Waals surface area contributed by atoms with Gasteiger partial charge in [-0.15, -0.1) is 11.5 Å². The van der Waals surface area contributed by atoms with Gasteiger partial charge < -0.3 is 19.7 Å². The Hall–Kier alpha value is -1.42. The van der Waals surface area contributed by atoms with E-state index in [-0.39, 0.29) is 31.0 Å². The molecule has 2 fully saturated rings. The molecule has 0 radical (unpaired) electrons. The van der Waals surface area contributed by atoms with Gasteiger partial charge in [0.05, 0.1) is 0 Å². The molecule has 2 aliphatic heterocycles. The summed E-state index contributed by atoms with van der Waals surface area (Å²) < 4.78 is 9.89. The number of benzene rings is 2. The molecular formula is C32H50O4Zn. The maximum atomic E-state index is 11.9. The van der Waals surface area contributed by atoms with E-state index in [0.29, 0.717) is 23.7 Å². The third-order valence-corrected chi connectivity index (χ3v) is 6.29. The molecule has 5 heteroatoms. The summed E-state index contributed by atoms with van der Waals surface area (Å²) in [5, 5.41) is 23.7. The molecule has 37 heavy (non-hydrogen) atoms. The monoisotopic (exact) mass is 562 g/mol. The molecular weight excluding hydrogens is 514 g/mol. The van der Waals surface area contributed by atoms with Crippen LogP contribution in [0.1, 0.15) is 127 Å². The van der Waals surface area contributed by atoms with Crippen LogP contribution in [0.15, 0.2) is 36.4 Å². The van der Waals surface area contributed by atoms with Crippen molar-refractivity contribution in [1.82, 2.24) is 0 Å². The largest absolute Gasteiger partial charge is 2.00 e. The average molecular weight is 564 g/mol. The first kappa shape index (κ1) is 35.6. The van der Waals surface area contributed by atoms with Crippen LogP contribution in [0.4, 0.5) is 0 Å². The Morgan fingerprint density at radius 1 is 0.486 bits per heavy atom. The van der Waals surface area contributed by atoms with E-state index in [9.17, 15) is 10.2 Å². The van der Waals surface area contributed by atoms with Gasteiger partial charge in [0.2, 0.25) is 0 Å². The molecule has 0 amide bonds. The van der Waals surface area contributed by atoms with Crippen molar-refractivity contribution >= 4 is 0 Å². The summed E-state index contributed by atoms with van der Waals surface area (Å²) in [5.41, 5.74) is 3.75. The summed E-state index contributed by atoms with van der Waals surface area (Å²) in [6, 6.07) is 11.7. The Bertz CT molecular complexity index is 715. The van der Waals surface area contributed by atoms with E-state index in [1.54, 1.807) is 0 Å². The van der Waals surface area contributed by atoms with Crippen molar-refractivity contribution in [3.05, 3.63) is 58.7 Å². The molecule has 4 nitrogen and oxygen atoms in total. The van der Waals surface area contributed by atoms with E-state index < -0.39 is 0 Å². The maximum Gasteiger partial charge on any atom is 2.00 e. The molecule has 0 N–H and O–H groups in total. The summed E-state index contributed by atoms with van der Waals surface area (Å²) in [6.45, 7) is 20.5. The van der Waals surface area contributed by atoms with Crippen LogP contribution in [0.3, 0.4) is 0 Å². The SMILES string of the molecule is C1CCOC1.C1CCOC1.CC(C)c1cccc(C(C)C)c1[O-].CC(C)c1cccc(C(C)C)c1[O-].[Zn+2]. The molecule has 0 unspecified atom stereocenters. The van der Waals surface area contributed by atoms with Crippen molar-refractivity contribution in [3.63, 3.8) is 0 Å². The van der Waals surface area contributed by atoms with Crippen LogP contribution >= 0.6 is 0 Å². The zero-order valence-electron chi connectivity index (χ0n) is 24.8. The zero-order valence-corrected chi connectivity index (χ0v) is 27.7. The Morgan fingerprint density at radius 3 is 0.838 bits per heavy atom. The van der Waals surface area contributed by atoms with Gasteiger partial charge in [-0.1, -0.05) is 114 Å². The molecule has 2 aromatic rings. The van der Waals surface area contributed by atoms with Crippen molar-refractivity contribution in [1.29, 1.82) is 0 Å². The molecule has 2 heterocycles. The molecule has 2 aliphatic rings.